The Labute approximate surface area is 204 Å². The van der Waals surface area contributed by atoms with Gasteiger partial charge < -0.3 is 19.2 Å². The van der Waals surface area contributed by atoms with Crippen LogP contribution in [0.1, 0.15) is 55.9 Å². The van der Waals surface area contributed by atoms with Gasteiger partial charge in [-0.1, -0.05) is 30.3 Å². The van der Waals surface area contributed by atoms with Crippen LogP contribution in [0.3, 0.4) is 0 Å². The number of carbonyl (C=O) groups is 2. The molecule has 35 heavy (non-hydrogen) atoms. The number of ether oxygens (including phenoxy) is 2. The van der Waals surface area contributed by atoms with Crippen molar-refractivity contribution in [2.45, 2.75) is 71.4 Å². The van der Waals surface area contributed by atoms with Crippen LogP contribution in [0.5, 0.6) is 5.75 Å². The minimum absolute atomic E-state index is 0.232. The second-order valence-corrected chi connectivity index (χ2v) is 10.00. The van der Waals surface area contributed by atoms with Crippen LogP contribution < -0.4 is 15.7 Å². The number of carbonyl (C=O) groups excluding carboxylic acids is 2. The third-order valence-electron chi connectivity index (χ3n) is 5.90. The highest BCUT2D eigenvalue weighted by Crippen LogP contribution is 2.35. The molecule has 1 aliphatic rings. The van der Waals surface area contributed by atoms with Crippen LogP contribution in [-0.2, 0) is 28.8 Å². The quantitative estimate of drug-likeness (QED) is 0.315. The molecular weight excluding hydrogens is 446 g/mol. The van der Waals surface area contributed by atoms with Gasteiger partial charge in [-0.05, 0) is 82.2 Å². The molecule has 0 aliphatic heterocycles. The van der Waals surface area contributed by atoms with Crippen molar-refractivity contribution in [3.63, 3.8) is 0 Å². The lowest BCUT2D eigenvalue weighted by Gasteiger charge is -2.23. The Kier molecular flexibility index (Phi) is 6.96. The Balaban J connectivity index is 1.69. The number of esters is 1. The second kappa shape index (κ2) is 9.94. The highest BCUT2D eigenvalue weighted by molar-refractivity contribution is 5.92. The summed E-state index contributed by atoms with van der Waals surface area (Å²) in [5.41, 5.74) is 2.54. The number of alkyl carbamates (subject to hydrolysis) is 1. The van der Waals surface area contributed by atoms with Gasteiger partial charge in [0.2, 0.25) is 0 Å². The number of fused-ring (bicyclic) bond motifs is 3. The van der Waals surface area contributed by atoms with Gasteiger partial charge in [-0.3, -0.25) is 0 Å². The van der Waals surface area contributed by atoms with Gasteiger partial charge in [-0.2, -0.15) is 0 Å². The van der Waals surface area contributed by atoms with Crippen LogP contribution in [0.15, 0.2) is 51.7 Å². The molecule has 3 aromatic rings. The van der Waals surface area contributed by atoms with Crippen molar-refractivity contribution >= 4 is 23.0 Å². The van der Waals surface area contributed by atoms with Crippen LogP contribution in [0.4, 0.5) is 4.79 Å². The van der Waals surface area contributed by atoms with E-state index in [4.69, 9.17) is 13.9 Å². The summed E-state index contributed by atoms with van der Waals surface area (Å²) in [6, 6.07) is 11.9. The molecule has 0 radical (unpaired) electrons. The summed E-state index contributed by atoms with van der Waals surface area (Å²) in [6.07, 6.45) is 2.76. The second-order valence-electron chi connectivity index (χ2n) is 10.00. The summed E-state index contributed by atoms with van der Waals surface area (Å²) in [7, 11) is 0. The van der Waals surface area contributed by atoms with E-state index in [2.05, 4.69) is 5.32 Å². The third-order valence-corrected chi connectivity index (χ3v) is 5.90. The van der Waals surface area contributed by atoms with Crippen molar-refractivity contribution in [2.24, 2.45) is 0 Å². The average molecular weight is 478 g/mol. The van der Waals surface area contributed by atoms with Gasteiger partial charge in [-0.25, -0.2) is 14.4 Å². The van der Waals surface area contributed by atoms with Crippen molar-refractivity contribution in [2.75, 3.05) is 0 Å². The van der Waals surface area contributed by atoms with Crippen molar-refractivity contribution in [3.05, 3.63) is 75.1 Å². The lowest BCUT2D eigenvalue weighted by Crippen LogP contribution is -2.46. The van der Waals surface area contributed by atoms with Crippen LogP contribution in [0.25, 0.3) is 11.0 Å². The lowest BCUT2D eigenvalue weighted by molar-refractivity contribution is -0.136. The van der Waals surface area contributed by atoms with E-state index in [0.717, 1.165) is 29.5 Å². The Bertz CT molecular complexity index is 1300. The van der Waals surface area contributed by atoms with E-state index in [-0.39, 0.29) is 12.0 Å². The third kappa shape index (κ3) is 5.91. The van der Waals surface area contributed by atoms with Crippen LogP contribution in [-0.4, -0.2) is 23.7 Å². The maximum Gasteiger partial charge on any atom is 0.408 e. The maximum atomic E-state index is 13.4. The Morgan fingerprint density at radius 2 is 1.74 bits per heavy atom. The molecule has 1 atom stereocenters. The Morgan fingerprint density at radius 3 is 2.43 bits per heavy atom. The van der Waals surface area contributed by atoms with Gasteiger partial charge in [-0.15, -0.1) is 0 Å². The van der Waals surface area contributed by atoms with Gasteiger partial charge in [0.15, 0.2) is 0 Å². The van der Waals surface area contributed by atoms with Crippen LogP contribution >= 0.6 is 0 Å². The Hall–Kier alpha value is -3.61. The smallest absolute Gasteiger partial charge is 0.408 e. The lowest BCUT2D eigenvalue weighted by atomic mass is 9.90. The van der Waals surface area contributed by atoms with Crippen LogP contribution in [0.2, 0.25) is 0 Å². The van der Waals surface area contributed by atoms with Gasteiger partial charge in [0, 0.05) is 12.0 Å². The van der Waals surface area contributed by atoms with Gasteiger partial charge in [0.05, 0.1) is 5.39 Å². The summed E-state index contributed by atoms with van der Waals surface area (Å²) in [5.74, 6) is -0.293. The van der Waals surface area contributed by atoms with E-state index in [1.54, 1.807) is 32.9 Å². The van der Waals surface area contributed by atoms with Gasteiger partial charge in [0.1, 0.15) is 23.0 Å². The molecule has 1 amide bonds. The van der Waals surface area contributed by atoms with Crippen molar-refractivity contribution in [1.82, 2.24) is 5.32 Å². The number of hydrogen-bond acceptors (Lipinski definition) is 6. The fraction of sp³-hybridized carbons (Fsp3) is 0.393. The molecule has 0 spiro atoms. The highest BCUT2D eigenvalue weighted by Gasteiger charge is 2.28. The SMILES string of the molecule is Cc1cc(OC(=O)[C@@H](Cc2ccccc2)NC(=O)OC(C)(C)C)c2c3c(c(=O)oc2c1)CCCC3. The highest BCUT2D eigenvalue weighted by atomic mass is 16.6. The molecule has 0 saturated heterocycles. The molecule has 4 rings (SSSR count). The standard InChI is InChI=1S/C28H31NO6/c1-17-14-22-24(19-12-8-9-13-20(19)25(30)33-22)23(15-17)34-26(31)21(16-18-10-6-5-7-11-18)29-27(32)35-28(2,3)4/h5-7,10-11,14-15,21H,8-9,12-13,16H2,1-4H3,(H,29,32)/t21-/m1/s1. The molecule has 1 aromatic heterocycles. The number of hydrogen-bond donors (Lipinski definition) is 1. The first-order valence-corrected chi connectivity index (χ1v) is 11.9. The molecule has 0 fully saturated rings. The Morgan fingerprint density at radius 1 is 1.06 bits per heavy atom. The van der Waals surface area contributed by atoms with E-state index >= 15 is 0 Å². The summed E-state index contributed by atoms with van der Waals surface area (Å²) in [6.45, 7) is 7.11. The van der Waals surface area contributed by atoms with E-state index in [9.17, 15) is 14.4 Å². The summed E-state index contributed by atoms with van der Waals surface area (Å²) in [4.78, 5) is 38.5. The fourth-order valence-electron chi connectivity index (χ4n) is 4.42. The predicted molar refractivity (Wildman–Crippen MR) is 133 cm³/mol. The summed E-state index contributed by atoms with van der Waals surface area (Å²) in [5, 5.41) is 3.31. The molecule has 184 valence electrons. The fourth-order valence-corrected chi connectivity index (χ4v) is 4.42. The van der Waals surface area contributed by atoms with Crippen LogP contribution in [0, 0.1) is 6.92 Å². The minimum atomic E-state index is -0.977. The minimum Gasteiger partial charge on any atom is -0.444 e. The van der Waals surface area contributed by atoms with Crippen molar-refractivity contribution in [3.8, 4) is 5.75 Å². The van der Waals surface area contributed by atoms with Gasteiger partial charge in [0.25, 0.3) is 0 Å². The average Bonchev–Trinajstić information content (AvgIpc) is 2.78. The summed E-state index contributed by atoms with van der Waals surface area (Å²) < 4.78 is 16.9. The number of aryl methyl sites for hydroxylation is 2. The number of amides is 1. The summed E-state index contributed by atoms with van der Waals surface area (Å²) >= 11 is 0. The van der Waals surface area contributed by atoms with E-state index in [1.165, 1.54) is 0 Å². The molecule has 1 aliphatic carbocycles. The van der Waals surface area contributed by atoms with E-state index in [1.807, 2.05) is 37.3 Å². The molecule has 0 unspecified atom stereocenters. The van der Waals surface area contributed by atoms with E-state index < -0.39 is 23.7 Å². The zero-order valence-corrected chi connectivity index (χ0v) is 20.6. The molecule has 2 aromatic carbocycles. The number of nitrogens with one attached hydrogen (secondary N) is 1. The first-order chi connectivity index (χ1) is 16.6. The molecule has 0 saturated carbocycles. The molecule has 7 heteroatoms. The number of rotatable bonds is 5. The number of benzene rings is 2. The molecular formula is C28H31NO6. The first kappa shape index (κ1) is 24.5. The monoisotopic (exact) mass is 477 g/mol. The predicted octanol–water partition coefficient (Wildman–Crippen LogP) is 5.02. The molecule has 1 N–H and O–H groups in total. The van der Waals surface area contributed by atoms with Crippen molar-refractivity contribution in [1.29, 1.82) is 0 Å². The largest absolute Gasteiger partial charge is 0.444 e. The van der Waals surface area contributed by atoms with Crippen molar-refractivity contribution < 1.29 is 23.5 Å². The topological polar surface area (TPSA) is 94.8 Å². The molecule has 7 nitrogen and oxygen atoms in total. The van der Waals surface area contributed by atoms with Gasteiger partial charge >= 0.3 is 17.7 Å². The zero-order chi connectivity index (χ0) is 25.2. The zero-order valence-electron chi connectivity index (χ0n) is 20.6. The first-order valence-electron chi connectivity index (χ1n) is 11.9. The maximum absolute atomic E-state index is 13.4. The molecule has 1 heterocycles. The normalized spacial score (nSPS) is 14.2. The van der Waals surface area contributed by atoms with E-state index in [0.29, 0.717) is 35.1 Å². The molecule has 0 bridgehead atoms.